The molecule has 1 aromatic heterocycles. The van der Waals surface area contributed by atoms with E-state index in [-0.39, 0.29) is 52.7 Å². The van der Waals surface area contributed by atoms with Gasteiger partial charge in [0.1, 0.15) is 35.7 Å². The minimum absolute atomic E-state index is 0.0847. The molecule has 5 rings (SSSR count). The van der Waals surface area contributed by atoms with Gasteiger partial charge in [-0.3, -0.25) is 4.79 Å². The number of carbonyl (C=O) groups is 2. The number of para-hydroxylation sites is 1. The highest BCUT2D eigenvalue weighted by atomic mass is 16.6. The number of rotatable bonds is 6. The zero-order valence-electron chi connectivity index (χ0n) is 28.0. The predicted molar refractivity (Wildman–Crippen MR) is 186 cm³/mol. The Kier molecular flexibility index (Phi) is 14.1. The maximum absolute atomic E-state index is 11.9. The molecule has 53 heavy (non-hydrogen) atoms. The molecule has 1 fully saturated rings. The van der Waals surface area contributed by atoms with E-state index < -0.39 is 35.9 Å². The molecule has 3 aromatic carbocycles. The number of pyridine rings is 1. The van der Waals surface area contributed by atoms with Crippen molar-refractivity contribution in [1.29, 1.82) is 0 Å². The molecule has 0 bridgehead atoms. The normalized spacial score (nSPS) is 18.7. The van der Waals surface area contributed by atoms with Crippen molar-refractivity contribution < 1.29 is 69.8 Å². The van der Waals surface area contributed by atoms with Gasteiger partial charge in [-0.15, -0.1) is 0 Å². The Bertz CT molecular complexity index is 2130. The number of esters is 1. The van der Waals surface area contributed by atoms with Gasteiger partial charge in [0.25, 0.3) is 0 Å². The first-order chi connectivity index (χ1) is 25.1. The van der Waals surface area contributed by atoms with Gasteiger partial charge in [-0.2, -0.15) is 0 Å². The van der Waals surface area contributed by atoms with Gasteiger partial charge in [-0.25, -0.2) is 9.59 Å². The van der Waals surface area contributed by atoms with Gasteiger partial charge < -0.3 is 65.2 Å². The number of phenols is 3. The largest absolute Gasteiger partial charge is 0.504 e. The molecule has 1 aliphatic rings. The zero-order chi connectivity index (χ0) is 39.3. The van der Waals surface area contributed by atoms with Gasteiger partial charge in [0.05, 0.1) is 20.3 Å². The molecule has 1 heterocycles. The van der Waals surface area contributed by atoms with E-state index in [9.17, 15) is 45.0 Å². The summed E-state index contributed by atoms with van der Waals surface area (Å²) in [6.07, 6.45) is 1.07. The Morgan fingerprint density at radius 1 is 0.906 bits per heavy atom. The van der Waals surface area contributed by atoms with Crippen LogP contribution in [0.15, 0.2) is 71.5 Å². The molecule has 4 atom stereocenters. The van der Waals surface area contributed by atoms with Gasteiger partial charge in [0.15, 0.2) is 28.4 Å². The lowest BCUT2D eigenvalue weighted by Crippen LogP contribution is -2.53. The first-order valence-electron chi connectivity index (χ1n) is 15.3. The van der Waals surface area contributed by atoms with E-state index in [0.717, 1.165) is 12.1 Å². The van der Waals surface area contributed by atoms with Crippen LogP contribution in [0, 0.1) is 24.1 Å². The molecule has 16 heteroatoms. The summed E-state index contributed by atoms with van der Waals surface area (Å²) < 4.78 is 14.8. The number of fused-ring (bicyclic) bond motifs is 1. The number of aliphatic hydroxyl groups is 5. The summed E-state index contributed by atoms with van der Waals surface area (Å²) >= 11 is 0. The molecule has 278 valence electrons. The lowest BCUT2D eigenvalue weighted by atomic mass is 9.80. The maximum Gasteiger partial charge on any atom is 0.352 e. The quantitative estimate of drug-likeness (QED) is 0.0587. The van der Waals surface area contributed by atoms with Gasteiger partial charge in [-0.05, 0) is 47.7 Å². The number of H-pyrrole nitrogens is 1. The molecule has 0 amide bonds. The highest BCUT2D eigenvalue weighted by Gasteiger charge is 2.45. The third-order valence-electron chi connectivity index (χ3n) is 7.48. The molecule has 1 aliphatic carbocycles. The lowest BCUT2D eigenvalue weighted by molar-refractivity contribution is -0.173. The fraction of sp³-hybridized carbons (Fsp3) is 0.216. The number of aromatic carboxylic acids is 1. The maximum atomic E-state index is 11.9. The van der Waals surface area contributed by atoms with Crippen molar-refractivity contribution in [2.24, 2.45) is 0 Å². The molecule has 10 N–H and O–H groups in total. The highest BCUT2D eigenvalue weighted by Crippen LogP contribution is 2.37. The molecule has 1 unspecified atom stereocenters. The molecule has 4 aromatic rings. The van der Waals surface area contributed by atoms with Crippen LogP contribution in [0.4, 0.5) is 0 Å². The van der Waals surface area contributed by atoms with Gasteiger partial charge >= 0.3 is 11.9 Å². The Hall–Kier alpha value is -6.85. The fourth-order valence-corrected chi connectivity index (χ4v) is 4.91. The third-order valence-corrected chi connectivity index (χ3v) is 7.48. The Labute approximate surface area is 301 Å². The van der Waals surface area contributed by atoms with E-state index in [4.69, 9.17) is 29.5 Å². The number of hydrogen-bond acceptors (Lipinski definition) is 14. The number of aromatic nitrogens is 1. The summed E-state index contributed by atoms with van der Waals surface area (Å²) in [6, 6.07) is 14.8. The van der Waals surface area contributed by atoms with Crippen molar-refractivity contribution in [2.45, 2.75) is 36.8 Å². The van der Waals surface area contributed by atoms with Crippen molar-refractivity contribution >= 4 is 28.9 Å². The molecule has 0 spiro atoms. The SMILES string of the molecule is COc1cc(C#CO)cc(OC)c1O.O=C(/C=C/c1ccc(O)c(O)c1)OC1C[C@@](O)(C#CO)C[C@H](O)[C@@H]1O.O=C(O)c1cc(=O)c2ccccc2[nH]1. The highest BCUT2D eigenvalue weighted by molar-refractivity contribution is 5.89. The van der Waals surface area contributed by atoms with Crippen LogP contribution in [0.1, 0.15) is 34.5 Å². The van der Waals surface area contributed by atoms with Crippen LogP contribution in [0.25, 0.3) is 17.0 Å². The smallest absolute Gasteiger partial charge is 0.352 e. The van der Waals surface area contributed by atoms with Crippen molar-refractivity contribution in [3.05, 3.63) is 93.8 Å². The van der Waals surface area contributed by atoms with Crippen LogP contribution in [-0.4, -0.2) is 101 Å². The second kappa shape index (κ2) is 18.4. The Balaban J connectivity index is 0.000000230. The van der Waals surface area contributed by atoms with E-state index >= 15 is 0 Å². The van der Waals surface area contributed by atoms with E-state index in [2.05, 4.69) is 16.8 Å². The summed E-state index contributed by atoms with van der Waals surface area (Å²) in [5, 5.41) is 84.2. The van der Waals surface area contributed by atoms with Crippen molar-refractivity contribution in [3.63, 3.8) is 0 Å². The monoisotopic (exact) mass is 733 g/mol. The molecule has 0 aliphatic heterocycles. The average molecular weight is 734 g/mol. The molecular formula is C37H35NO15. The Morgan fingerprint density at radius 2 is 1.57 bits per heavy atom. The minimum Gasteiger partial charge on any atom is -0.504 e. The number of nitrogens with one attached hydrogen (secondary N) is 1. The average Bonchev–Trinajstić information content (AvgIpc) is 3.12. The molecular weight excluding hydrogens is 698 g/mol. The van der Waals surface area contributed by atoms with Crippen molar-refractivity contribution in [1.82, 2.24) is 4.98 Å². The first-order valence-corrected chi connectivity index (χ1v) is 15.3. The summed E-state index contributed by atoms with van der Waals surface area (Å²) in [5.41, 5.74) is -0.703. The van der Waals surface area contributed by atoms with Gasteiger partial charge in [0.2, 0.25) is 5.75 Å². The van der Waals surface area contributed by atoms with Crippen molar-refractivity contribution in [2.75, 3.05) is 14.2 Å². The second-order valence-electron chi connectivity index (χ2n) is 11.2. The number of carboxylic acids is 1. The van der Waals surface area contributed by atoms with Crippen LogP contribution in [0.5, 0.6) is 28.7 Å². The van der Waals surface area contributed by atoms with Crippen LogP contribution in [0.3, 0.4) is 0 Å². The van der Waals surface area contributed by atoms with Crippen LogP contribution in [0.2, 0.25) is 0 Å². The molecule has 0 radical (unpaired) electrons. The number of methoxy groups -OCH3 is 2. The number of carboxylic acid groups (broad SMARTS) is 1. The standard InChI is InChI=1S/C17H18O8.C10H7NO3.C10H10O4/c18-6-5-17(24)8-13(21)16(23)14(9-17)25-15(22)4-2-10-1-3-11(19)12(20)7-10;12-9-5-8(10(13)14)11-7-4-2-1-3-6(7)9;1-13-8-5-7(3-4-11)6-9(14-2)10(8)12/h1-4,7,13-14,16,18-21,23-24H,8-9H2;1-5H,(H,11,12)(H,13,14);5-6,11-12H,1-2H3/b4-2+;;/t13-,14?,16-,17+;;/m0../s1. The fourth-order valence-electron chi connectivity index (χ4n) is 4.91. The van der Waals surface area contributed by atoms with E-state index in [1.54, 1.807) is 36.5 Å². The first kappa shape index (κ1) is 40.6. The van der Waals surface area contributed by atoms with E-state index in [1.165, 1.54) is 50.6 Å². The number of benzene rings is 3. The van der Waals surface area contributed by atoms with Crippen LogP contribution in [-0.2, 0) is 9.53 Å². The lowest BCUT2D eigenvalue weighted by Gasteiger charge is -2.38. The Morgan fingerprint density at radius 3 is 2.15 bits per heavy atom. The number of aromatic amines is 1. The van der Waals surface area contributed by atoms with E-state index in [0.29, 0.717) is 22.0 Å². The van der Waals surface area contributed by atoms with Crippen LogP contribution >= 0.6 is 0 Å². The summed E-state index contributed by atoms with van der Waals surface area (Å²) in [5.74, 6) is 2.31. The predicted octanol–water partition coefficient (Wildman–Crippen LogP) is 1.92. The van der Waals surface area contributed by atoms with E-state index in [1.807, 2.05) is 0 Å². The second-order valence-corrected chi connectivity index (χ2v) is 11.2. The summed E-state index contributed by atoms with van der Waals surface area (Å²) in [6.45, 7) is 0. The zero-order valence-corrected chi connectivity index (χ0v) is 28.0. The molecule has 16 nitrogen and oxygen atoms in total. The number of carbonyl (C=O) groups excluding carboxylic acids is 1. The topological polar surface area (TPSA) is 277 Å². The number of aromatic hydroxyl groups is 3. The number of phenolic OH excluding ortho intramolecular Hbond substituents is 3. The number of aliphatic hydroxyl groups excluding tert-OH is 4. The molecule has 0 saturated heterocycles. The molecule has 1 saturated carbocycles. The number of ether oxygens (including phenoxy) is 3. The van der Waals surface area contributed by atoms with Gasteiger partial charge in [-0.1, -0.05) is 18.2 Å². The third kappa shape index (κ3) is 11.1. The number of hydrogen-bond donors (Lipinski definition) is 10. The minimum atomic E-state index is -1.79. The van der Waals surface area contributed by atoms with Crippen molar-refractivity contribution in [3.8, 4) is 52.8 Å². The van der Waals surface area contributed by atoms with Crippen LogP contribution < -0.4 is 14.9 Å². The van der Waals surface area contributed by atoms with Gasteiger partial charge in [0, 0.05) is 53.6 Å². The summed E-state index contributed by atoms with van der Waals surface area (Å²) in [4.78, 5) is 36.6. The summed E-state index contributed by atoms with van der Waals surface area (Å²) in [7, 11) is 2.84.